The molecule has 0 heterocycles. The van der Waals surface area contributed by atoms with Gasteiger partial charge in [-0.05, 0) is 58.0 Å². The van der Waals surface area contributed by atoms with Gasteiger partial charge in [0.05, 0.1) is 37.7 Å². The minimum absolute atomic E-state index is 0.187. The zero-order valence-electron chi connectivity index (χ0n) is 15.4. The molecule has 0 bridgehead atoms. The van der Waals surface area contributed by atoms with E-state index < -0.39 is 0 Å². The van der Waals surface area contributed by atoms with Gasteiger partial charge < -0.3 is 24.4 Å². The number of methoxy groups -OCH3 is 3. The van der Waals surface area contributed by atoms with Crippen LogP contribution < -0.4 is 24.4 Å². The van der Waals surface area contributed by atoms with Crippen molar-refractivity contribution in [1.82, 2.24) is 5.43 Å². The van der Waals surface area contributed by atoms with E-state index in [0.717, 1.165) is 14.7 Å². The first-order valence-corrected chi connectivity index (χ1v) is 9.11. The van der Waals surface area contributed by atoms with Crippen LogP contribution in [0.4, 0.5) is 0 Å². The van der Waals surface area contributed by atoms with E-state index in [0.29, 0.717) is 29.5 Å². The monoisotopic (exact) mass is 480 g/mol. The maximum absolute atomic E-state index is 5.54. The van der Waals surface area contributed by atoms with Crippen molar-refractivity contribution in [3.8, 4) is 35.3 Å². The fourth-order valence-corrected chi connectivity index (χ4v) is 3.10. The summed E-state index contributed by atoms with van der Waals surface area (Å²) in [6, 6.07) is 9.51. The fraction of sp³-hybridized carbons (Fsp3) is 0.250. The van der Waals surface area contributed by atoms with Crippen LogP contribution in [0.3, 0.4) is 0 Å². The van der Waals surface area contributed by atoms with Crippen molar-refractivity contribution < 1.29 is 18.9 Å². The summed E-state index contributed by atoms with van der Waals surface area (Å²) < 4.78 is 22.3. The van der Waals surface area contributed by atoms with Crippen molar-refractivity contribution >= 4 is 28.8 Å². The molecule has 0 aliphatic carbocycles. The van der Waals surface area contributed by atoms with Gasteiger partial charge in [-0.15, -0.1) is 6.42 Å². The number of nitrogens with one attached hydrogen (secondary N) is 1. The third-order valence-electron chi connectivity index (χ3n) is 3.59. The molecule has 0 amide bonds. The summed E-state index contributed by atoms with van der Waals surface area (Å²) in [7, 11) is 4.81. The van der Waals surface area contributed by atoms with Crippen LogP contribution in [0, 0.1) is 15.9 Å². The van der Waals surface area contributed by atoms with Gasteiger partial charge in [-0.2, -0.15) is 5.10 Å². The first kappa shape index (κ1) is 20.7. The van der Waals surface area contributed by atoms with Gasteiger partial charge in [-0.25, -0.2) is 0 Å². The molecule has 27 heavy (non-hydrogen) atoms. The third-order valence-corrected chi connectivity index (χ3v) is 4.39. The molecule has 6 nitrogen and oxygen atoms in total. The van der Waals surface area contributed by atoms with Gasteiger partial charge in [-0.1, -0.05) is 12.0 Å². The molecule has 0 aliphatic heterocycles. The lowest BCUT2D eigenvalue weighted by Gasteiger charge is -2.11. The largest absolute Gasteiger partial charge is 0.493 e. The summed E-state index contributed by atoms with van der Waals surface area (Å²) in [6.45, 7) is 0.737. The molecule has 2 rings (SSSR count). The molecule has 0 unspecified atom stereocenters. The summed E-state index contributed by atoms with van der Waals surface area (Å²) in [5.74, 6) is 5.06. The van der Waals surface area contributed by atoms with Crippen LogP contribution in [0.2, 0.25) is 0 Å². The molecule has 0 fully saturated rings. The molecule has 2 aromatic rings. The van der Waals surface area contributed by atoms with E-state index in [1.165, 1.54) is 0 Å². The Morgan fingerprint density at radius 1 is 1.07 bits per heavy atom. The van der Waals surface area contributed by atoms with E-state index in [9.17, 15) is 0 Å². The van der Waals surface area contributed by atoms with Crippen molar-refractivity contribution in [2.24, 2.45) is 5.10 Å². The highest BCUT2D eigenvalue weighted by molar-refractivity contribution is 14.1. The number of nitrogens with zero attached hydrogens (tertiary/aromatic N) is 1. The highest BCUT2D eigenvalue weighted by atomic mass is 127. The Morgan fingerprint density at radius 2 is 1.81 bits per heavy atom. The van der Waals surface area contributed by atoms with E-state index in [2.05, 4.69) is 39.0 Å². The molecular formula is C20H21IN2O4. The van der Waals surface area contributed by atoms with Gasteiger partial charge in [0, 0.05) is 0 Å². The number of hydrogen-bond donors (Lipinski definition) is 1. The van der Waals surface area contributed by atoms with Crippen LogP contribution >= 0.6 is 22.6 Å². The minimum atomic E-state index is 0.187. The number of benzene rings is 2. The second-order valence-corrected chi connectivity index (χ2v) is 6.47. The highest BCUT2D eigenvalue weighted by Gasteiger charge is 2.10. The number of terminal acetylenes is 1. The van der Waals surface area contributed by atoms with Gasteiger partial charge in [0.25, 0.3) is 0 Å². The molecular weight excluding hydrogens is 459 g/mol. The lowest BCUT2D eigenvalue weighted by atomic mass is 10.2. The second kappa shape index (κ2) is 10.5. The molecule has 2 aromatic carbocycles. The normalized spacial score (nSPS) is 10.3. The Balaban J connectivity index is 2.04. The van der Waals surface area contributed by atoms with E-state index >= 15 is 0 Å². The SMILES string of the molecule is C#CCOc1c(I)cc(/C=N/NCc2ccc(OC)c(OC)c2)cc1OC. The predicted octanol–water partition coefficient (Wildman–Crippen LogP) is 3.45. The fourth-order valence-electron chi connectivity index (χ4n) is 2.32. The molecule has 0 saturated heterocycles. The van der Waals surface area contributed by atoms with Gasteiger partial charge in [0.15, 0.2) is 23.0 Å². The molecule has 0 saturated carbocycles. The van der Waals surface area contributed by atoms with Gasteiger partial charge in [0.2, 0.25) is 0 Å². The van der Waals surface area contributed by atoms with E-state index in [4.69, 9.17) is 25.4 Å². The van der Waals surface area contributed by atoms with Crippen LogP contribution in [0.25, 0.3) is 0 Å². The van der Waals surface area contributed by atoms with E-state index in [-0.39, 0.29) is 6.61 Å². The van der Waals surface area contributed by atoms with Crippen LogP contribution in [0.15, 0.2) is 35.4 Å². The molecule has 0 atom stereocenters. The molecule has 0 radical (unpaired) electrons. The van der Waals surface area contributed by atoms with E-state index in [1.807, 2.05) is 30.3 Å². The number of hydrogen-bond acceptors (Lipinski definition) is 6. The van der Waals surface area contributed by atoms with Crippen molar-refractivity contribution in [1.29, 1.82) is 0 Å². The number of halogens is 1. The van der Waals surface area contributed by atoms with Crippen LogP contribution in [-0.2, 0) is 6.54 Å². The second-order valence-electron chi connectivity index (χ2n) is 5.31. The van der Waals surface area contributed by atoms with Gasteiger partial charge in [0.1, 0.15) is 6.61 Å². The zero-order chi connectivity index (χ0) is 19.6. The van der Waals surface area contributed by atoms with Crippen molar-refractivity contribution in [2.45, 2.75) is 6.54 Å². The first-order chi connectivity index (χ1) is 13.1. The van der Waals surface area contributed by atoms with Gasteiger partial charge in [-0.3, -0.25) is 0 Å². The Bertz CT molecular complexity index is 847. The Morgan fingerprint density at radius 3 is 2.48 bits per heavy atom. The lowest BCUT2D eigenvalue weighted by Crippen LogP contribution is -2.06. The van der Waals surface area contributed by atoms with Crippen molar-refractivity contribution in [3.63, 3.8) is 0 Å². The summed E-state index contributed by atoms with van der Waals surface area (Å²) in [4.78, 5) is 0. The highest BCUT2D eigenvalue weighted by Crippen LogP contribution is 2.33. The number of hydrazone groups is 1. The topological polar surface area (TPSA) is 61.3 Å². The van der Waals surface area contributed by atoms with Crippen molar-refractivity contribution in [3.05, 3.63) is 45.0 Å². The first-order valence-electron chi connectivity index (χ1n) is 8.03. The Kier molecular flexibility index (Phi) is 8.07. The maximum Gasteiger partial charge on any atom is 0.175 e. The van der Waals surface area contributed by atoms with Crippen LogP contribution in [0.1, 0.15) is 11.1 Å². The predicted molar refractivity (Wildman–Crippen MR) is 114 cm³/mol. The lowest BCUT2D eigenvalue weighted by molar-refractivity contribution is 0.328. The molecule has 0 spiro atoms. The van der Waals surface area contributed by atoms with Crippen LogP contribution in [0.5, 0.6) is 23.0 Å². The number of rotatable bonds is 9. The minimum Gasteiger partial charge on any atom is -0.493 e. The zero-order valence-corrected chi connectivity index (χ0v) is 17.6. The third kappa shape index (κ3) is 5.69. The molecule has 1 N–H and O–H groups in total. The van der Waals surface area contributed by atoms with Gasteiger partial charge >= 0.3 is 0 Å². The summed E-state index contributed by atoms with van der Waals surface area (Å²) in [6.07, 6.45) is 6.97. The molecule has 7 heteroatoms. The summed E-state index contributed by atoms with van der Waals surface area (Å²) in [5.41, 5.74) is 4.92. The van der Waals surface area contributed by atoms with Crippen LogP contribution in [-0.4, -0.2) is 34.2 Å². The Labute approximate surface area is 173 Å². The van der Waals surface area contributed by atoms with E-state index in [1.54, 1.807) is 27.5 Å². The standard InChI is InChI=1S/C20H21IN2O4/c1-5-8-27-20-16(21)9-15(11-19(20)26-4)13-23-22-12-14-6-7-17(24-2)18(10-14)25-3/h1,6-7,9-11,13,22H,8,12H2,2-4H3/b23-13+. The maximum atomic E-state index is 5.54. The molecule has 0 aliphatic rings. The molecule has 0 aromatic heterocycles. The Hall–Kier alpha value is -2.60. The smallest absolute Gasteiger partial charge is 0.175 e. The summed E-state index contributed by atoms with van der Waals surface area (Å²) >= 11 is 2.18. The quantitative estimate of drug-likeness (QED) is 0.258. The number of ether oxygens (including phenoxy) is 4. The molecule has 142 valence electrons. The average Bonchev–Trinajstić information content (AvgIpc) is 2.69. The van der Waals surface area contributed by atoms with Crippen molar-refractivity contribution in [2.75, 3.05) is 27.9 Å². The summed E-state index contributed by atoms with van der Waals surface area (Å²) in [5, 5.41) is 4.26. The average molecular weight is 480 g/mol.